The molecular weight excluding hydrogens is 445 g/mol. The molecule has 30 heavy (non-hydrogen) atoms. The summed E-state index contributed by atoms with van der Waals surface area (Å²) >= 11 is 13.5. The van der Waals surface area contributed by atoms with Crippen molar-refractivity contribution in [3.63, 3.8) is 0 Å². The van der Waals surface area contributed by atoms with Crippen LogP contribution in [0.3, 0.4) is 0 Å². The van der Waals surface area contributed by atoms with Crippen LogP contribution >= 0.6 is 35.0 Å². The van der Waals surface area contributed by atoms with Crippen LogP contribution in [0.4, 0.5) is 0 Å². The third-order valence-electron chi connectivity index (χ3n) is 4.34. The summed E-state index contributed by atoms with van der Waals surface area (Å²) in [7, 11) is 0. The highest BCUT2D eigenvalue weighted by atomic mass is 35.5. The highest BCUT2D eigenvalue weighted by Gasteiger charge is 2.44. The Hall–Kier alpha value is -2.02. The first-order valence-electron chi connectivity index (χ1n) is 9.30. The van der Waals surface area contributed by atoms with Gasteiger partial charge in [-0.05, 0) is 38.5 Å². The lowest BCUT2D eigenvalue weighted by molar-refractivity contribution is -0.158. The van der Waals surface area contributed by atoms with E-state index in [2.05, 4.69) is 0 Å². The predicted octanol–water partition coefficient (Wildman–Crippen LogP) is 5.23. The molecular formula is C22H21Cl2NO4S. The zero-order chi connectivity index (χ0) is 22.1. The van der Waals surface area contributed by atoms with Gasteiger partial charge in [0.1, 0.15) is 11.6 Å². The van der Waals surface area contributed by atoms with Crippen molar-refractivity contribution < 1.29 is 19.1 Å². The number of nitrogens with zero attached hydrogens (tertiary/aromatic N) is 1. The van der Waals surface area contributed by atoms with Gasteiger partial charge in [0, 0.05) is 11.5 Å². The summed E-state index contributed by atoms with van der Waals surface area (Å²) in [6.07, 6.45) is 0. The Labute approximate surface area is 189 Å². The number of carbonyl (C=O) groups excluding carboxylic acids is 3. The number of rotatable bonds is 6. The van der Waals surface area contributed by atoms with E-state index >= 15 is 0 Å². The fraction of sp³-hybridized carbons (Fsp3) is 0.318. The molecule has 158 valence electrons. The van der Waals surface area contributed by atoms with Crippen molar-refractivity contribution in [2.75, 3.05) is 5.75 Å². The minimum Gasteiger partial charge on any atom is -0.458 e. The second-order valence-corrected chi connectivity index (χ2v) is 9.69. The van der Waals surface area contributed by atoms with Gasteiger partial charge in [-0.1, -0.05) is 53.5 Å². The smallest absolute Gasteiger partial charge is 0.330 e. The molecule has 0 N–H and O–H groups in total. The van der Waals surface area contributed by atoms with Crippen molar-refractivity contribution in [1.29, 1.82) is 0 Å². The van der Waals surface area contributed by atoms with E-state index in [-0.39, 0.29) is 26.9 Å². The number of ether oxygens (including phenoxy) is 1. The number of esters is 1. The first kappa shape index (κ1) is 22.7. The number of amides is 2. The molecule has 3 rings (SSSR count). The Morgan fingerprint density at radius 1 is 1.03 bits per heavy atom. The van der Waals surface area contributed by atoms with Gasteiger partial charge in [-0.2, -0.15) is 11.8 Å². The highest BCUT2D eigenvalue weighted by Crippen LogP contribution is 2.33. The lowest BCUT2D eigenvalue weighted by Crippen LogP contribution is -2.48. The summed E-state index contributed by atoms with van der Waals surface area (Å²) < 4.78 is 5.51. The fourth-order valence-corrected chi connectivity index (χ4v) is 4.40. The van der Waals surface area contributed by atoms with Gasteiger partial charge in [-0.25, -0.2) is 4.79 Å². The van der Waals surface area contributed by atoms with Crippen LogP contribution in [0, 0.1) is 0 Å². The lowest BCUT2D eigenvalue weighted by atomic mass is 10.1. The molecule has 0 saturated heterocycles. The van der Waals surface area contributed by atoms with E-state index in [1.807, 2.05) is 30.3 Å². The maximum absolute atomic E-state index is 13.0. The second-order valence-electron chi connectivity index (χ2n) is 7.84. The van der Waals surface area contributed by atoms with Gasteiger partial charge in [0.05, 0.1) is 21.2 Å². The molecule has 0 unspecified atom stereocenters. The molecule has 2 aromatic carbocycles. The Morgan fingerprint density at radius 2 is 1.57 bits per heavy atom. The number of halogens is 2. The molecule has 0 bridgehead atoms. The van der Waals surface area contributed by atoms with E-state index in [1.54, 1.807) is 20.8 Å². The topological polar surface area (TPSA) is 63.7 Å². The van der Waals surface area contributed by atoms with Gasteiger partial charge < -0.3 is 4.74 Å². The molecule has 0 aromatic heterocycles. The van der Waals surface area contributed by atoms with Crippen LogP contribution in [0.5, 0.6) is 0 Å². The number of imide groups is 1. The summed E-state index contributed by atoms with van der Waals surface area (Å²) in [4.78, 5) is 39.9. The third kappa shape index (κ3) is 4.99. The van der Waals surface area contributed by atoms with Gasteiger partial charge in [-0.3, -0.25) is 14.5 Å². The maximum atomic E-state index is 13.0. The summed E-state index contributed by atoms with van der Waals surface area (Å²) in [5, 5.41) is 0.344. The van der Waals surface area contributed by atoms with Crippen LogP contribution in [-0.4, -0.2) is 40.1 Å². The minimum atomic E-state index is -1.07. The van der Waals surface area contributed by atoms with Gasteiger partial charge in [0.25, 0.3) is 11.8 Å². The number of carbonyl (C=O) groups is 3. The molecule has 0 spiro atoms. The molecule has 1 aliphatic heterocycles. The number of hydrogen-bond acceptors (Lipinski definition) is 5. The van der Waals surface area contributed by atoms with Crippen molar-refractivity contribution in [2.24, 2.45) is 0 Å². The first-order chi connectivity index (χ1) is 14.1. The normalized spacial score (nSPS) is 14.6. The molecule has 1 heterocycles. The van der Waals surface area contributed by atoms with E-state index in [0.29, 0.717) is 5.75 Å². The number of benzene rings is 2. The van der Waals surface area contributed by atoms with Crippen LogP contribution in [0.25, 0.3) is 0 Å². The number of fused-ring (bicyclic) bond motifs is 1. The van der Waals surface area contributed by atoms with Crippen LogP contribution in [-0.2, 0) is 15.3 Å². The quantitative estimate of drug-likeness (QED) is 0.431. The molecule has 0 radical (unpaired) electrons. The Morgan fingerprint density at radius 3 is 2.07 bits per heavy atom. The second kappa shape index (κ2) is 9.00. The third-order valence-corrected chi connectivity index (χ3v) is 6.15. The average Bonchev–Trinajstić information content (AvgIpc) is 2.89. The molecule has 1 atom stereocenters. The highest BCUT2D eigenvalue weighted by molar-refractivity contribution is 7.98. The Bertz CT molecular complexity index is 948. The molecule has 1 aliphatic rings. The zero-order valence-corrected chi connectivity index (χ0v) is 19.1. The van der Waals surface area contributed by atoms with Crippen LogP contribution in [0.2, 0.25) is 10.0 Å². The Kier molecular flexibility index (Phi) is 6.80. The van der Waals surface area contributed by atoms with Crippen molar-refractivity contribution in [2.45, 2.75) is 38.2 Å². The Balaban J connectivity index is 1.86. The van der Waals surface area contributed by atoms with Gasteiger partial charge in [-0.15, -0.1) is 0 Å². The molecule has 0 saturated carbocycles. The summed E-state index contributed by atoms with van der Waals surface area (Å²) in [5.74, 6) is -0.957. The fourth-order valence-electron chi connectivity index (χ4n) is 3.02. The molecule has 0 fully saturated rings. The van der Waals surface area contributed by atoms with E-state index < -0.39 is 29.4 Å². The van der Waals surface area contributed by atoms with Crippen molar-refractivity contribution >= 4 is 52.7 Å². The van der Waals surface area contributed by atoms with E-state index in [1.165, 1.54) is 23.9 Å². The molecule has 5 nitrogen and oxygen atoms in total. The standard InChI is InChI=1S/C22H21Cl2NO4S/c1-22(2,3)29-21(28)18(12-30-11-13-7-5-4-6-8-13)25-19(26)14-9-16(23)17(24)10-15(14)20(25)27/h4-10,18H,11-12H2,1-3H3/t18-/m1/s1. The average molecular weight is 466 g/mol. The van der Waals surface area contributed by atoms with Gasteiger partial charge >= 0.3 is 5.97 Å². The molecule has 2 aromatic rings. The lowest BCUT2D eigenvalue weighted by Gasteiger charge is -2.28. The maximum Gasteiger partial charge on any atom is 0.330 e. The van der Waals surface area contributed by atoms with Gasteiger partial charge in [0.15, 0.2) is 0 Å². The zero-order valence-electron chi connectivity index (χ0n) is 16.8. The van der Waals surface area contributed by atoms with E-state index in [4.69, 9.17) is 27.9 Å². The van der Waals surface area contributed by atoms with Gasteiger partial charge in [0.2, 0.25) is 0 Å². The van der Waals surface area contributed by atoms with Crippen LogP contribution < -0.4 is 0 Å². The summed E-state index contributed by atoms with van der Waals surface area (Å²) in [6, 6.07) is 11.4. The number of hydrogen-bond donors (Lipinski definition) is 0. The van der Waals surface area contributed by atoms with E-state index in [9.17, 15) is 14.4 Å². The minimum absolute atomic E-state index is 0.135. The van der Waals surface area contributed by atoms with Crippen molar-refractivity contribution in [1.82, 2.24) is 4.90 Å². The van der Waals surface area contributed by atoms with E-state index in [0.717, 1.165) is 10.5 Å². The van der Waals surface area contributed by atoms with Crippen LogP contribution in [0.1, 0.15) is 47.1 Å². The van der Waals surface area contributed by atoms with Crippen molar-refractivity contribution in [3.8, 4) is 0 Å². The molecule has 0 aliphatic carbocycles. The molecule has 8 heteroatoms. The summed E-state index contributed by atoms with van der Waals surface area (Å²) in [6.45, 7) is 5.21. The monoisotopic (exact) mass is 465 g/mol. The van der Waals surface area contributed by atoms with Crippen molar-refractivity contribution in [3.05, 3.63) is 69.2 Å². The molecule has 2 amide bonds. The predicted molar refractivity (Wildman–Crippen MR) is 119 cm³/mol. The SMILES string of the molecule is CC(C)(C)OC(=O)[C@@H](CSCc1ccccc1)N1C(=O)c2cc(Cl)c(Cl)cc2C1=O. The van der Waals surface area contributed by atoms with Crippen LogP contribution in [0.15, 0.2) is 42.5 Å². The first-order valence-corrected chi connectivity index (χ1v) is 11.2. The number of thioether (sulfide) groups is 1. The largest absolute Gasteiger partial charge is 0.458 e. The summed E-state index contributed by atoms with van der Waals surface area (Å²) in [5.41, 5.74) is 0.587.